The van der Waals surface area contributed by atoms with Crippen molar-refractivity contribution >= 4 is 27.5 Å². The average Bonchev–Trinajstić information content (AvgIpc) is 3.05. The second-order valence-corrected chi connectivity index (χ2v) is 12.3. The first-order valence-electron chi connectivity index (χ1n) is 14.3. The van der Waals surface area contributed by atoms with Gasteiger partial charge in [-0.1, -0.05) is 78.4 Å². The van der Waals surface area contributed by atoms with Crippen LogP contribution in [-0.2, 0) is 32.6 Å². The lowest BCUT2D eigenvalue weighted by molar-refractivity contribution is -0.139. The van der Waals surface area contributed by atoms with E-state index in [-0.39, 0.29) is 29.5 Å². The van der Waals surface area contributed by atoms with E-state index in [4.69, 9.17) is 9.47 Å². The standard InChI is InChI=1S/C34H35N3O6S/c1-25-10-9-13-27(20-25)23-36(30(34(39)35-2)21-26-11-5-3-6-12-26)33(38)24-37(44(40,41)29-14-7-4-8-15-29)28-16-17-31-32(22-28)43-19-18-42-31/h3-17,20,22,30H,18-19,21,23-24H2,1-2H3,(H,35,39)/t30-/m1/s1. The zero-order valence-electron chi connectivity index (χ0n) is 24.7. The minimum Gasteiger partial charge on any atom is -0.486 e. The zero-order chi connectivity index (χ0) is 31.1. The van der Waals surface area contributed by atoms with Gasteiger partial charge in [0.05, 0.1) is 10.6 Å². The van der Waals surface area contributed by atoms with Crippen molar-refractivity contribution in [2.75, 3.05) is 31.1 Å². The highest BCUT2D eigenvalue weighted by Crippen LogP contribution is 2.36. The first-order valence-corrected chi connectivity index (χ1v) is 15.8. The van der Waals surface area contributed by atoms with Gasteiger partial charge in [0, 0.05) is 26.1 Å². The molecule has 4 aromatic rings. The molecular weight excluding hydrogens is 578 g/mol. The molecule has 1 heterocycles. The normalized spacial score (nSPS) is 13.0. The molecule has 2 amide bonds. The van der Waals surface area contributed by atoms with Gasteiger partial charge in [0.2, 0.25) is 11.8 Å². The van der Waals surface area contributed by atoms with Gasteiger partial charge in [0.25, 0.3) is 10.0 Å². The number of likely N-dealkylation sites (N-methyl/N-ethyl adjacent to an activating group) is 1. The number of anilines is 1. The number of carbonyl (C=O) groups excluding carboxylic acids is 2. The van der Waals surface area contributed by atoms with Crippen LogP contribution in [0.4, 0.5) is 5.69 Å². The molecule has 5 rings (SSSR count). The van der Waals surface area contributed by atoms with E-state index in [0.29, 0.717) is 24.7 Å². The highest BCUT2D eigenvalue weighted by Gasteiger charge is 2.34. The molecule has 0 radical (unpaired) electrons. The van der Waals surface area contributed by atoms with E-state index in [1.807, 2.05) is 61.5 Å². The average molecular weight is 614 g/mol. The summed E-state index contributed by atoms with van der Waals surface area (Å²) in [5, 5.41) is 2.70. The number of sulfonamides is 1. The summed E-state index contributed by atoms with van der Waals surface area (Å²) < 4.78 is 40.7. The van der Waals surface area contributed by atoms with E-state index in [9.17, 15) is 18.0 Å². The predicted octanol–water partition coefficient (Wildman–Crippen LogP) is 4.35. The van der Waals surface area contributed by atoms with E-state index in [1.54, 1.807) is 36.4 Å². The van der Waals surface area contributed by atoms with Crippen molar-refractivity contribution in [1.82, 2.24) is 10.2 Å². The number of amides is 2. The Morgan fingerprint density at radius 1 is 0.818 bits per heavy atom. The first kappa shape index (κ1) is 30.6. The Balaban J connectivity index is 1.57. The number of hydrogen-bond donors (Lipinski definition) is 1. The molecule has 1 aliphatic heterocycles. The van der Waals surface area contributed by atoms with Gasteiger partial charge < -0.3 is 19.7 Å². The summed E-state index contributed by atoms with van der Waals surface area (Å²) in [4.78, 5) is 29.3. The number of ether oxygens (including phenoxy) is 2. The van der Waals surface area contributed by atoms with Gasteiger partial charge in [0.1, 0.15) is 25.8 Å². The van der Waals surface area contributed by atoms with Crippen molar-refractivity contribution in [2.24, 2.45) is 0 Å². The summed E-state index contributed by atoms with van der Waals surface area (Å²) in [6.07, 6.45) is 0.244. The Morgan fingerprint density at radius 3 is 2.16 bits per heavy atom. The molecule has 0 saturated carbocycles. The molecule has 1 N–H and O–H groups in total. The zero-order valence-corrected chi connectivity index (χ0v) is 25.5. The molecule has 0 aromatic heterocycles. The topological polar surface area (TPSA) is 105 Å². The molecule has 0 saturated heterocycles. The Bertz CT molecular complexity index is 1710. The molecule has 0 spiro atoms. The Hall–Kier alpha value is -4.83. The van der Waals surface area contributed by atoms with Crippen molar-refractivity contribution in [3.05, 3.63) is 120 Å². The molecule has 9 nitrogen and oxygen atoms in total. The molecule has 1 aliphatic rings. The smallest absolute Gasteiger partial charge is 0.264 e. The summed E-state index contributed by atoms with van der Waals surface area (Å²) >= 11 is 0. The van der Waals surface area contributed by atoms with E-state index >= 15 is 0 Å². The van der Waals surface area contributed by atoms with Crippen molar-refractivity contribution in [3.63, 3.8) is 0 Å². The SMILES string of the molecule is CNC(=O)[C@@H](Cc1ccccc1)N(Cc1cccc(C)c1)C(=O)CN(c1ccc2c(c1)OCCO2)S(=O)(=O)c1ccccc1. The lowest BCUT2D eigenvalue weighted by atomic mass is 10.0. The van der Waals surface area contributed by atoms with E-state index < -0.39 is 28.5 Å². The summed E-state index contributed by atoms with van der Waals surface area (Å²) in [5.41, 5.74) is 2.92. The molecule has 4 aromatic carbocycles. The highest BCUT2D eigenvalue weighted by molar-refractivity contribution is 7.92. The number of benzene rings is 4. The molecule has 10 heteroatoms. The molecule has 0 unspecified atom stereocenters. The van der Waals surface area contributed by atoms with Gasteiger partial charge in [-0.3, -0.25) is 13.9 Å². The number of carbonyl (C=O) groups is 2. The number of hydrogen-bond acceptors (Lipinski definition) is 6. The fourth-order valence-corrected chi connectivity index (χ4v) is 6.59. The van der Waals surface area contributed by atoms with Gasteiger partial charge in [-0.05, 0) is 42.3 Å². The van der Waals surface area contributed by atoms with E-state index in [1.165, 1.54) is 24.1 Å². The Labute approximate surface area is 258 Å². The fraction of sp³-hybridized carbons (Fsp3) is 0.235. The van der Waals surface area contributed by atoms with E-state index in [0.717, 1.165) is 21.0 Å². The molecule has 0 bridgehead atoms. The van der Waals surface area contributed by atoms with Crippen molar-refractivity contribution in [1.29, 1.82) is 0 Å². The maximum Gasteiger partial charge on any atom is 0.264 e. The van der Waals surface area contributed by atoms with Gasteiger partial charge in [0.15, 0.2) is 11.5 Å². The van der Waals surface area contributed by atoms with Crippen molar-refractivity contribution < 1.29 is 27.5 Å². The number of aryl methyl sites for hydroxylation is 1. The first-order chi connectivity index (χ1) is 21.3. The van der Waals surface area contributed by atoms with Crippen LogP contribution in [0.15, 0.2) is 108 Å². The van der Waals surface area contributed by atoms with Crippen molar-refractivity contribution in [3.8, 4) is 11.5 Å². The van der Waals surface area contributed by atoms with Crippen LogP contribution in [0.25, 0.3) is 0 Å². The van der Waals surface area contributed by atoms with Crippen LogP contribution in [0, 0.1) is 6.92 Å². The highest BCUT2D eigenvalue weighted by atomic mass is 32.2. The molecular formula is C34H35N3O6S. The third kappa shape index (κ3) is 7.03. The van der Waals surface area contributed by atoms with Gasteiger partial charge in [-0.15, -0.1) is 0 Å². The maximum atomic E-state index is 14.4. The van der Waals surface area contributed by atoms with Gasteiger partial charge >= 0.3 is 0 Å². The molecule has 44 heavy (non-hydrogen) atoms. The third-order valence-electron chi connectivity index (χ3n) is 7.38. The van der Waals surface area contributed by atoms with Crippen LogP contribution in [-0.4, -0.2) is 58.0 Å². The van der Waals surface area contributed by atoms with Crippen LogP contribution < -0.4 is 19.1 Å². The summed E-state index contributed by atoms with van der Waals surface area (Å²) in [6.45, 7) is 2.20. The maximum absolute atomic E-state index is 14.4. The van der Waals surface area contributed by atoms with Gasteiger partial charge in [-0.2, -0.15) is 0 Å². The third-order valence-corrected chi connectivity index (χ3v) is 9.16. The molecule has 228 valence electrons. The second-order valence-electron chi connectivity index (χ2n) is 10.5. The predicted molar refractivity (Wildman–Crippen MR) is 168 cm³/mol. The van der Waals surface area contributed by atoms with Crippen LogP contribution in [0.1, 0.15) is 16.7 Å². The number of nitrogens with zero attached hydrogens (tertiary/aromatic N) is 2. The number of nitrogens with one attached hydrogen (secondary N) is 1. The monoisotopic (exact) mass is 613 g/mol. The number of rotatable bonds is 11. The second kappa shape index (κ2) is 13.6. The molecule has 1 atom stereocenters. The lowest BCUT2D eigenvalue weighted by Crippen LogP contribution is -2.53. The van der Waals surface area contributed by atoms with Crippen LogP contribution in [0.5, 0.6) is 11.5 Å². The van der Waals surface area contributed by atoms with Crippen LogP contribution in [0.3, 0.4) is 0 Å². The number of fused-ring (bicyclic) bond motifs is 1. The van der Waals surface area contributed by atoms with Gasteiger partial charge in [-0.25, -0.2) is 8.42 Å². The Kier molecular flexibility index (Phi) is 9.50. The van der Waals surface area contributed by atoms with E-state index in [2.05, 4.69) is 5.32 Å². The van der Waals surface area contributed by atoms with Crippen LogP contribution >= 0.6 is 0 Å². The molecule has 0 aliphatic carbocycles. The minimum atomic E-state index is -4.21. The molecule has 0 fully saturated rings. The summed E-state index contributed by atoms with van der Waals surface area (Å²) in [6, 6.07) is 28.9. The van der Waals surface area contributed by atoms with Crippen molar-refractivity contribution in [2.45, 2.75) is 30.8 Å². The fourth-order valence-electron chi connectivity index (χ4n) is 5.16. The minimum absolute atomic E-state index is 0.0278. The quantitative estimate of drug-likeness (QED) is 0.270. The summed E-state index contributed by atoms with van der Waals surface area (Å²) in [5.74, 6) is -0.0116. The summed E-state index contributed by atoms with van der Waals surface area (Å²) in [7, 11) is -2.69. The Morgan fingerprint density at radius 2 is 1.48 bits per heavy atom. The van der Waals surface area contributed by atoms with Crippen LogP contribution in [0.2, 0.25) is 0 Å². The lowest BCUT2D eigenvalue weighted by Gasteiger charge is -2.34. The largest absolute Gasteiger partial charge is 0.486 e.